The molecule has 1 aliphatic heterocycles. The zero-order valence-electron chi connectivity index (χ0n) is 8.60. The minimum Gasteiger partial charge on any atom is -0.390 e. The summed E-state index contributed by atoms with van der Waals surface area (Å²) in [7, 11) is 0. The van der Waals surface area contributed by atoms with E-state index >= 15 is 0 Å². The number of hydrogen-bond acceptors (Lipinski definition) is 4. The molecular weight excluding hydrogens is 192 g/mol. The molecule has 82 valence electrons. The summed E-state index contributed by atoms with van der Waals surface area (Å²) in [6, 6.07) is 3.66. The SMILES string of the molecule is Nc1cc(CC(O)C2CCCO2)ccn1. The monoisotopic (exact) mass is 208 g/mol. The van der Waals surface area contributed by atoms with Gasteiger partial charge in [0.25, 0.3) is 0 Å². The van der Waals surface area contributed by atoms with Crippen LogP contribution in [0, 0.1) is 0 Å². The van der Waals surface area contributed by atoms with Gasteiger partial charge >= 0.3 is 0 Å². The third-order valence-electron chi connectivity index (χ3n) is 2.68. The molecule has 1 aliphatic rings. The number of anilines is 1. The Hall–Kier alpha value is -1.13. The Morgan fingerprint density at radius 1 is 1.67 bits per heavy atom. The quantitative estimate of drug-likeness (QED) is 0.769. The van der Waals surface area contributed by atoms with Crippen molar-refractivity contribution >= 4 is 5.82 Å². The summed E-state index contributed by atoms with van der Waals surface area (Å²) in [5, 5.41) is 9.91. The van der Waals surface area contributed by atoms with Gasteiger partial charge in [0.05, 0.1) is 12.2 Å². The number of nitrogens with two attached hydrogens (primary N) is 1. The number of rotatable bonds is 3. The molecule has 1 aromatic heterocycles. The first kappa shape index (κ1) is 10.4. The molecule has 0 saturated carbocycles. The second kappa shape index (κ2) is 4.59. The van der Waals surface area contributed by atoms with E-state index in [0.29, 0.717) is 12.2 Å². The van der Waals surface area contributed by atoms with E-state index in [9.17, 15) is 5.11 Å². The number of aliphatic hydroxyl groups excluding tert-OH is 1. The number of aliphatic hydroxyl groups is 1. The molecule has 4 nitrogen and oxygen atoms in total. The summed E-state index contributed by atoms with van der Waals surface area (Å²) in [6.07, 6.45) is 3.78. The second-order valence-electron chi connectivity index (χ2n) is 3.91. The Morgan fingerprint density at radius 2 is 2.53 bits per heavy atom. The Morgan fingerprint density at radius 3 is 3.20 bits per heavy atom. The average Bonchev–Trinajstić information content (AvgIpc) is 2.70. The van der Waals surface area contributed by atoms with Crippen molar-refractivity contribution in [2.45, 2.75) is 31.5 Å². The Kier molecular flexibility index (Phi) is 3.18. The maximum atomic E-state index is 9.91. The van der Waals surface area contributed by atoms with Gasteiger partial charge in [-0.2, -0.15) is 0 Å². The van der Waals surface area contributed by atoms with Gasteiger partial charge in [0.2, 0.25) is 0 Å². The van der Waals surface area contributed by atoms with Gasteiger partial charge in [-0.25, -0.2) is 4.98 Å². The fourth-order valence-electron chi connectivity index (χ4n) is 1.90. The molecule has 15 heavy (non-hydrogen) atoms. The summed E-state index contributed by atoms with van der Waals surface area (Å²) in [4.78, 5) is 3.91. The van der Waals surface area contributed by atoms with Gasteiger partial charge in [-0.1, -0.05) is 0 Å². The molecule has 3 N–H and O–H groups in total. The Balaban J connectivity index is 1.95. The van der Waals surface area contributed by atoms with Crippen LogP contribution in [0.25, 0.3) is 0 Å². The molecule has 0 spiro atoms. The Bertz CT molecular complexity index is 324. The van der Waals surface area contributed by atoms with Crippen molar-refractivity contribution in [3.63, 3.8) is 0 Å². The van der Waals surface area contributed by atoms with E-state index in [-0.39, 0.29) is 6.10 Å². The smallest absolute Gasteiger partial charge is 0.123 e. The summed E-state index contributed by atoms with van der Waals surface area (Å²) < 4.78 is 5.42. The molecule has 1 aromatic rings. The number of aromatic nitrogens is 1. The molecule has 0 aromatic carbocycles. The zero-order chi connectivity index (χ0) is 10.7. The lowest BCUT2D eigenvalue weighted by molar-refractivity contribution is -0.000772. The van der Waals surface area contributed by atoms with Crippen LogP contribution in [0.1, 0.15) is 18.4 Å². The number of hydrogen-bond donors (Lipinski definition) is 2. The summed E-state index contributed by atoms with van der Waals surface area (Å²) in [5.74, 6) is 0.493. The number of ether oxygens (including phenoxy) is 1. The van der Waals surface area contributed by atoms with Crippen LogP contribution in [0.4, 0.5) is 5.82 Å². The van der Waals surface area contributed by atoms with Crippen molar-refractivity contribution in [2.24, 2.45) is 0 Å². The molecule has 2 rings (SSSR count). The molecule has 0 amide bonds. The molecule has 0 bridgehead atoms. The van der Waals surface area contributed by atoms with Crippen molar-refractivity contribution in [1.82, 2.24) is 4.98 Å². The minimum atomic E-state index is -0.436. The first-order valence-electron chi connectivity index (χ1n) is 5.26. The number of nitrogens with zero attached hydrogens (tertiary/aromatic N) is 1. The zero-order valence-corrected chi connectivity index (χ0v) is 8.60. The summed E-state index contributed by atoms with van der Waals surface area (Å²) >= 11 is 0. The lowest BCUT2D eigenvalue weighted by Crippen LogP contribution is -2.27. The maximum absolute atomic E-state index is 9.91. The third kappa shape index (κ3) is 2.67. The van der Waals surface area contributed by atoms with Crippen molar-refractivity contribution in [3.8, 4) is 0 Å². The van der Waals surface area contributed by atoms with Crippen LogP contribution >= 0.6 is 0 Å². The van der Waals surface area contributed by atoms with Crippen LogP contribution in [0.15, 0.2) is 18.3 Å². The van der Waals surface area contributed by atoms with Gasteiger partial charge in [-0.15, -0.1) is 0 Å². The highest BCUT2D eigenvalue weighted by Gasteiger charge is 2.24. The number of pyridine rings is 1. The van der Waals surface area contributed by atoms with Gasteiger partial charge in [-0.05, 0) is 30.5 Å². The van der Waals surface area contributed by atoms with Crippen molar-refractivity contribution < 1.29 is 9.84 Å². The first-order valence-corrected chi connectivity index (χ1v) is 5.26. The molecule has 0 radical (unpaired) electrons. The first-order chi connectivity index (χ1) is 7.25. The predicted molar refractivity (Wildman–Crippen MR) is 57.3 cm³/mol. The molecule has 2 unspecified atom stereocenters. The van der Waals surface area contributed by atoms with Crippen molar-refractivity contribution in [1.29, 1.82) is 0 Å². The van der Waals surface area contributed by atoms with Crippen LogP contribution in [-0.4, -0.2) is 28.9 Å². The molecule has 0 aliphatic carbocycles. The van der Waals surface area contributed by atoms with E-state index in [4.69, 9.17) is 10.5 Å². The van der Waals surface area contributed by atoms with E-state index in [1.54, 1.807) is 12.3 Å². The number of nitrogen functional groups attached to an aromatic ring is 1. The maximum Gasteiger partial charge on any atom is 0.123 e. The van der Waals surface area contributed by atoms with Crippen LogP contribution in [-0.2, 0) is 11.2 Å². The average molecular weight is 208 g/mol. The lowest BCUT2D eigenvalue weighted by atomic mass is 10.0. The van der Waals surface area contributed by atoms with Crippen LogP contribution in [0.3, 0.4) is 0 Å². The fraction of sp³-hybridized carbons (Fsp3) is 0.545. The van der Waals surface area contributed by atoms with Crippen molar-refractivity contribution in [3.05, 3.63) is 23.9 Å². The molecule has 2 atom stereocenters. The highest BCUT2D eigenvalue weighted by Crippen LogP contribution is 2.18. The highest BCUT2D eigenvalue weighted by molar-refractivity contribution is 5.32. The van der Waals surface area contributed by atoms with E-state index in [2.05, 4.69) is 4.98 Å². The second-order valence-corrected chi connectivity index (χ2v) is 3.91. The van der Waals surface area contributed by atoms with Gasteiger partial charge in [0.15, 0.2) is 0 Å². The molecule has 4 heteroatoms. The lowest BCUT2D eigenvalue weighted by Gasteiger charge is -2.17. The fourth-order valence-corrected chi connectivity index (χ4v) is 1.90. The van der Waals surface area contributed by atoms with Crippen LogP contribution in [0.5, 0.6) is 0 Å². The third-order valence-corrected chi connectivity index (χ3v) is 2.68. The van der Waals surface area contributed by atoms with E-state index in [1.807, 2.05) is 6.07 Å². The molecular formula is C11H16N2O2. The largest absolute Gasteiger partial charge is 0.390 e. The van der Waals surface area contributed by atoms with Gasteiger partial charge in [-0.3, -0.25) is 0 Å². The van der Waals surface area contributed by atoms with Crippen LogP contribution < -0.4 is 5.73 Å². The van der Waals surface area contributed by atoms with Crippen LogP contribution in [0.2, 0.25) is 0 Å². The molecule has 1 fully saturated rings. The molecule has 1 saturated heterocycles. The predicted octanol–water partition coefficient (Wildman–Crippen LogP) is 0.746. The van der Waals surface area contributed by atoms with Gasteiger partial charge < -0.3 is 15.6 Å². The van der Waals surface area contributed by atoms with Gasteiger partial charge in [0.1, 0.15) is 5.82 Å². The summed E-state index contributed by atoms with van der Waals surface area (Å²) in [6.45, 7) is 0.764. The van der Waals surface area contributed by atoms with E-state index in [0.717, 1.165) is 25.0 Å². The van der Waals surface area contributed by atoms with Gasteiger partial charge in [0, 0.05) is 19.2 Å². The topological polar surface area (TPSA) is 68.4 Å². The van der Waals surface area contributed by atoms with Crippen molar-refractivity contribution in [2.75, 3.05) is 12.3 Å². The minimum absolute atomic E-state index is 0.0145. The Labute approximate surface area is 89.1 Å². The van der Waals surface area contributed by atoms with E-state index in [1.165, 1.54) is 0 Å². The molecule has 2 heterocycles. The summed E-state index contributed by atoms with van der Waals surface area (Å²) in [5.41, 5.74) is 6.57. The normalized spacial score (nSPS) is 22.9. The highest BCUT2D eigenvalue weighted by atomic mass is 16.5. The standard InChI is InChI=1S/C11H16N2O2/c12-11-7-8(3-4-13-11)6-9(14)10-2-1-5-15-10/h3-4,7,9-10,14H,1-2,5-6H2,(H2,12,13). The van der Waals surface area contributed by atoms with E-state index < -0.39 is 6.10 Å².